The molecule has 0 radical (unpaired) electrons. The van der Waals surface area contributed by atoms with E-state index in [0.29, 0.717) is 19.0 Å². The number of rotatable bonds is 4. The lowest BCUT2D eigenvalue weighted by atomic mass is 9.71. The van der Waals surface area contributed by atoms with Gasteiger partial charge >= 0.3 is 0 Å². The minimum atomic E-state index is 0.0496. The highest BCUT2D eigenvalue weighted by molar-refractivity contribution is 7.99. The van der Waals surface area contributed by atoms with Crippen LogP contribution in [-0.4, -0.2) is 41.3 Å². The Balaban J connectivity index is 1.39. The molecule has 1 aromatic heterocycles. The first-order valence-electron chi connectivity index (χ1n) is 10.9. The summed E-state index contributed by atoms with van der Waals surface area (Å²) in [6, 6.07) is 8.40. The van der Waals surface area contributed by atoms with Crippen molar-refractivity contribution < 1.29 is 14.3 Å². The number of amides is 1. The Kier molecular flexibility index (Phi) is 5.35. The molecule has 5 rings (SSSR count). The fourth-order valence-corrected chi connectivity index (χ4v) is 6.08. The van der Waals surface area contributed by atoms with Crippen LogP contribution in [0, 0.1) is 0 Å². The van der Waals surface area contributed by atoms with Gasteiger partial charge < -0.3 is 14.4 Å². The van der Waals surface area contributed by atoms with Crippen molar-refractivity contribution in [2.45, 2.75) is 49.8 Å². The summed E-state index contributed by atoms with van der Waals surface area (Å²) in [6.07, 6.45) is 8.37. The van der Waals surface area contributed by atoms with Gasteiger partial charge in [0.2, 0.25) is 5.91 Å². The molecule has 1 saturated carbocycles. The first-order chi connectivity index (χ1) is 14.7. The molecule has 3 aliphatic rings. The number of fused-ring (bicyclic) bond motifs is 3. The van der Waals surface area contributed by atoms with Gasteiger partial charge in [0.1, 0.15) is 13.2 Å². The number of aromatic nitrogens is 1. The molecule has 1 atom stereocenters. The molecule has 0 N–H and O–H groups in total. The van der Waals surface area contributed by atoms with Crippen LogP contribution in [0.25, 0.3) is 0 Å². The Hall–Kier alpha value is -2.21. The monoisotopic (exact) mass is 424 g/mol. The quantitative estimate of drug-likeness (QED) is 0.723. The van der Waals surface area contributed by atoms with Crippen molar-refractivity contribution in [3.63, 3.8) is 0 Å². The summed E-state index contributed by atoms with van der Waals surface area (Å²) in [4.78, 5) is 19.5. The summed E-state index contributed by atoms with van der Waals surface area (Å²) in [5.41, 5.74) is 3.83. The maximum atomic E-state index is 13.3. The molecule has 1 spiro atoms. The van der Waals surface area contributed by atoms with Crippen LogP contribution >= 0.6 is 11.8 Å². The van der Waals surface area contributed by atoms with Crippen LogP contribution in [0.1, 0.15) is 55.3 Å². The van der Waals surface area contributed by atoms with E-state index in [0.717, 1.165) is 42.2 Å². The molecule has 5 nitrogen and oxygen atoms in total. The summed E-state index contributed by atoms with van der Waals surface area (Å²) in [5.74, 6) is 3.21. The second kappa shape index (κ2) is 8.14. The first-order valence-corrected chi connectivity index (χ1v) is 12.0. The summed E-state index contributed by atoms with van der Waals surface area (Å²) in [5, 5.41) is 0. The second-order valence-electron chi connectivity index (χ2n) is 8.62. The number of hydrogen-bond acceptors (Lipinski definition) is 5. The zero-order valence-corrected chi connectivity index (χ0v) is 18.2. The van der Waals surface area contributed by atoms with E-state index in [-0.39, 0.29) is 17.4 Å². The van der Waals surface area contributed by atoms with Crippen molar-refractivity contribution in [1.29, 1.82) is 0 Å². The molecule has 158 valence electrons. The largest absolute Gasteiger partial charge is 0.486 e. The molecule has 0 bridgehead atoms. The number of carbonyl (C=O) groups excluding carboxylic acids is 1. The molecule has 1 unspecified atom stereocenters. The Morgan fingerprint density at radius 2 is 2.00 bits per heavy atom. The van der Waals surface area contributed by atoms with E-state index >= 15 is 0 Å². The smallest absolute Gasteiger partial charge is 0.233 e. The topological polar surface area (TPSA) is 51.7 Å². The predicted molar refractivity (Wildman–Crippen MR) is 118 cm³/mol. The number of ether oxygens (including phenoxy) is 2. The van der Waals surface area contributed by atoms with Crippen molar-refractivity contribution in [2.24, 2.45) is 0 Å². The summed E-state index contributed by atoms with van der Waals surface area (Å²) >= 11 is 1.67. The normalized spacial score (nSPS) is 21.5. The van der Waals surface area contributed by atoms with E-state index in [1.807, 2.05) is 12.3 Å². The third-order valence-electron chi connectivity index (χ3n) is 6.77. The van der Waals surface area contributed by atoms with Crippen molar-refractivity contribution >= 4 is 17.7 Å². The number of benzene rings is 1. The fraction of sp³-hybridized carbons (Fsp3) is 0.500. The number of thioether (sulfide) groups is 1. The maximum absolute atomic E-state index is 13.3. The number of pyridine rings is 1. The Bertz CT molecular complexity index is 928. The molecule has 2 aromatic rings. The van der Waals surface area contributed by atoms with E-state index in [2.05, 4.69) is 35.0 Å². The van der Waals surface area contributed by atoms with Crippen LogP contribution in [-0.2, 0) is 16.0 Å². The molecule has 6 heteroatoms. The third-order valence-corrected chi connectivity index (χ3v) is 7.76. The minimum absolute atomic E-state index is 0.0496. The van der Waals surface area contributed by atoms with Crippen LogP contribution in [0.4, 0.5) is 0 Å². The number of carbonyl (C=O) groups is 1. The average Bonchev–Trinajstić information content (AvgIpc) is 3.25. The van der Waals surface area contributed by atoms with E-state index < -0.39 is 0 Å². The molecule has 1 amide bonds. The highest BCUT2D eigenvalue weighted by atomic mass is 32.2. The van der Waals surface area contributed by atoms with Crippen LogP contribution < -0.4 is 9.47 Å². The molecule has 2 aliphatic heterocycles. The predicted octanol–water partition coefficient (Wildman–Crippen LogP) is 4.50. The molecule has 0 saturated heterocycles. The summed E-state index contributed by atoms with van der Waals surface area (Å²) in [7, 11) is 0. The van der Waals surface area contributed by atoms with Crippen LogP contribution in [0.3, 0.4) is 0 Å². The Morgan fingerprint density at radius 1 is 1.23 bits per heavy atom. The van der Waals surface area contributed by atoms with Crippen molar-refractivity contribution in [1.82, 2.24) is 9.88 Å². The Labute approximate surface area is 182 Å². The molecule has 1 aromatic carbocycles. The van der Waals surface area contributed by atoms with E-state index in [1.165, 1.54) is 24.0 Å². The lowest BCUT2D eigenvalue weighted by Gasteiger charge is -2.46. The lowest BCUT2D eigenvalue weighted by Crippen LogP contribution is -2.49. The van der Waals surface area contributed by atoms with Crippen molar-refractivity contribution in [2.75, 3.05) is 25.5 Å². The first kappa shape index (κ1) is 19.7. The van der Waals surface area contributed by atoms with Gasteiger partial charge in [0, 0.05) is 30.1 Å². The van der Waals surface area contributed by atoms with Crippen LogP contribution in [0.5, 0.6) is 11.5 Å². The zero-order valence-electron chi connectivity index (χ0n) is 17.4. The van der Waals surface area contributed by atoms with E-state index in [1.54, 1.807) is 18.0 Å². The van der Waals surface area contributed by atoms with Gasteiger partial charge in [0.25, 0.3) is 0 Å². The van der Waals surface area contributed by atoms with Gasteiger partial charge in [-0.15, -0.1) is 11.8 Å². The van der Waals surface area contributed by atoms with Gasteiger partial charge in [-0.05, 0) is 54.7 Å². The van der Waals surface area contributed by atoms with Crippen LogP contribution in [0.2, 0.25) is 0 Å². The molecular formula is C24H28N2O3S. The standard InChI is InChI=1S/C24H28N2O3S/c1-17-19-11-21-22(29-10-9-28-21)12-20(19)24(6-2-3-7-24)16-26(17)23(27)15-30-14-18-5-4-8-25-13-18/h4-5,8,11-13,17H,2-3,6-7,9-10,14-16H2,1H3. The molecule has 3 heterocycles. The van der Waals surface area contributed by atoms with Gasteiger partial charge in [-0.25, -0.2) is 0 Å². The average molecular weight is 425 g/mol. The van der Waals surface area contributed by atoms with Gasteiger partial charge in [0.15, 0.2) is 11.5 Å². The number of hydrogen-bond donors (Lipinski definition) is 0. The molecule has 1 aliphatic carbocycles. The summed E-state index contributed by atoms with van der Waals surface area (Å²) < 4.78 is 11.7. The Morgan fingerprint density at radius 3 is 2.73 bits per heavy atom. The van der Waals surface area contributed by atoms with Gasteiger partial charge in [-0.3, -0.25) is 9.78 Å². The fourth-order valence-electron chi connectivity index (χ4n) is 5.23. The van der Waals surface area contributed by atoms with Crippen molar-refractivity contribution in [3.8, 4) is 11.5 Å². The zero-order chi connectivity index (χ0) is 20.6. The van der Waals surface area contributed by atoms with Gasteiger partial charge in [-0.2, -0.15) is 0 Å². The highest BCUT2D eigenvalue weighted by Gasteiger charge is 2.46. The minimum Gasteiger partial charge on any atom is -0.486 e. The molecule has 1 fully saturated rings. The molecular weight excluding hydrogens is 396 g/mol. The maximum Gasteiger partial charge on any atom is 0.233 e. The second-order valence-corrected chi connectivity index (χ2v) is 9.61. The number of nitrogens with zero attached hydrogens (tertiary/aromatic N) is 2. The SMILES string of the molecule is CC1c2cc3c(cc2C2(CCCC2)CN1C(=O)CSCc1cccnc1)OCCO3. The lowest BCUT2D eigenvalue weighted by molar-refractivity contribution is -0.132. The third kappa shape index (κ3) is 3.55. The molecule has 30 heavy (non-hydrogen) atoms. The van der Waals surface area contributed by atoms with Crippen molar-refractivity contribution in [3.05, 3.63) is 53.3 Å². The highest BCUT2D eigenvalue weighted by Crippen LogP contribution is 2.52. The van der Waals surface area contributed by atoms with Gasteiger partial charge in [-0.1, -0.05) is 18.9 Å². The summed E-state index contributed by atoms with van der Waals surface area (Å²) in [6.45, 7) is 4.15. The van der Waals surface area contributed by atoms with E-state index in [4.69, 9.17) is 9.47 Å². The van der Waals surface area contributed by atoms with Gasteiger partial charge in [0.05, 0.1) is 11.8 Å². The van der Waals surface area contributed by atoms with Crippen LogP contribution in [0.15, 0.2) is 36.7 Å². The van der Waals surface area contributed by atoms with E-state index in [9.17, 15) is 4.79 Å².